The summed E-state index contributed by atoms with van der Waals surface area (Å²) >= 11 is 1.36. The molecule has 24 heavy (non-hydrogen) atoms. The average molecular weight is 343 g/mol. The molecule has 0 saturated heterocycles. The van der Waals surface area contributed by atoms with Crippen LogP contribution in [-0.2, 0) is 17.8 Å². The molecule has 1 saturated carbocycles. The third-order valence-corrected chi connectivity index (χ3v) is 5.02. The minimum absolute atomic E-state index is 0.120. The second-order valence-electron chi connectivity index (χ2n) is 5.97. The maximum absolute atomic E-state index is 12.5. The fourth-order valence-electron chi connectivity index (χ4n) is 2.43. The number of hydrogen-bond donors (Lipinski definition) is 3. The topological polar surface area (TPSA) is 84.2 Å². The molecule has 6 heteroatoms. The zero-order chi connectivity index (χ0) is 16.9. The Kier molecular flexibility index (Phi) is 5.27. The van der Waals surface area contributed by atoms with Crippen LogP contribution in [0, 0.1) is 0 Å². The van der Waals surface area contributed by atoms with Crippen LogP contribution < -0.4 is 16.4 Å². The lowest BCUT2D eigenvalue weighted by Crippen LogP contribution is -2.48. The molecule has 1 atom stereocenters. The Labute approximate surface area is 145 Å². The summed E-state index contributed by atoms with van der Waals surface area (Å²) in [6, 6.07) is 13.0. The van der Waals surface area contributed by atoms with Crippen LogP contribution in [0.15, 0.2) is 42.5 Å². The van der Waals surface area contributed by atoms with Crippen LogP contribution in [0.5, 0.6) is 0 Å². The lowest BCUT2D eigenvalue weighted by molar-refractivity contribution is -0.123. The highest BCUT2D eigenvalue weighted by atomic mass is 32.1. The molecule has 1 fully saturated rings. The van der Waals surface area contributed by atoms with Gasteiger partial charge >= 0.3 is 0 Å². The van der Waals surface area contributed by atoms with Crippen LogP contribution >= 0.6 is 11.3 Å². The van der Waals surface area contributed by atoms with Gasteiger partial charge in [0.15, 0.2) is 0 Å². The van der Waals surface area contributed by atoms with E-state index in [0.717, 1.165) is 23.3 Å². The van der Waals surface area contributed by atoms with Crippen LogP contribution in [0.1, 0.15) is 33.0 Å². The van der Waals surface area contributed by atoms with E-state index in [2.05, 4.69) is 10.6 Å². The molecule has 0 bridgehead atoms. The molecule has 0 radical (unpaired) electrons. The predicted octanol–water partition coefficient (Wildman–Crippen LogP) is 1.83. The highest BCUT2D eigenvalue weighted by Crippen LogP contribution is 2.19. The third kappa shape index (κ3) is 4.43. The van der Waals surface area contributed by atoms with Crippen LogP contribution in [0.25, 0.3) is 0 Å². The van der Waals surface area contributed by atoms with Gasteiger partial charge in [0.1, 0.15) is 6.04 Å². The van der Waals surface area contributed by atoms with E-state index in [0.29, 0.717) is 17.8 Å². The van der Waals surface area contributed by atoms with Gasteiger partial charge in [0.25, 0.3) is 5.91 Å². The first-order chi connectivity index (χ1) is 11.7. The molecular formula is C18H21N3O2S. The first kappa shape index (κ1) is 16.7. The summed E-state index contributed by atoms with van der Waals surface area (Å²) in [6.45, 7) is 0.410. The Balaban J connectivity index is 1.70. The van der Waals surface area contributed by atoms with Crippen molar-refractivity contribution in [2.45, 2.75) is 37.9 Å². The molecule has 1 aliphatic rings. The van der Waals surface area contributed by atoms with E-state index in [4.69, 9.17) is 5.73 Å². The molecule has 2 aromatic rings. The second kappa shape index (κ2) is 7.59. The number of carbonyl (C=O) groups is 2. The Morgan fingerprint density at radius 3 is 2.54 bits per heavy atom. The van der Waals surface area contributed by atoms with E-state index in [1.165, 1.54) is 11.3 Å². The minimum atomic E-state index is -0.580. The molecule has 0 spiro atoms. The van der Waals surface area contributed by atoms with Gasteiger partial charge in [0.2, 0.25) is 5.91 Å². The molecule has 2 amide bonds. The number of amides is 2. The normalized spacial score (nSPS) is 14.9. The Morgan fingerprint density at radius 1 is 1.17 bits per heavy atom. The van der Waals surface area contributed by atoms with E-state index in [1.807, 2.05) is 36.4 Å². The van der Waals surface area contributed by atoms with E-state index < -0.39 is 6.04 Å². The molecule has 1 unspecified atom stereocenters. The van der Waals surface area contributed by atoms with Crippen molar-refractivity contribution in [1.82, 2.24) is 10.6 Å². The largest absolute Gasteiger partial charge is 0.352 e. The SMILES string of the molecule is NCc1ccc(C(=O)NC(Cc2ccccc2)C(=O)NC2CC2)s1. The van der Waals surface area contributed by atoms with Crippen molar-refractivity contribution >= 4 is 23.2 Å². The van der Waals surface area contributed by atoms with Gasteiger partial charge in [-0.25, -0.2) is 0 Å². The number of nitrogens with one attached hydrogen (secondary N) is 2. The summed E-state index contributed by atoms with van der Waals surface area (Å²) in [7, 11) is 0. The summed E-state index contributed by atoms with van der Waals surface area (Å²) in [5.41, 5.74) is 6.61. The highest BCUT2D eigenvalue weighted by molar-refractivity contribution is 7.14. The standard InChI is InChI=1S/C18H21N3O2S/c19-11-14-8-9-16(24-14)18(23)21-15(17(22)20-13-6-7-13)10-12-4-2-1-3-5-12/h1-5,8-9,13,15H,6-7,10-11,19H2,(H,20,22)(H,21,23). The van der Waals surface area contributed by atoms with E-state index in [9.17, 15) is 9.59 Å². The smallest absolute Gasteiger partial charge is 0.262 e. The van der Waals surface area contributed by atoms with Gasteiger partial charge in [0, 0.05) is 23.9 Å². The zero-order valence-electron chi connectivity index (χ0n) is 13.3. The first-order valence-electron chi connectivity index (χ1n) is 8.09. The summed E-state index contributed by atoms with van der Waals surface area (Å²) < 4.78 is 0. The number of carbonyl (C=O) groups excluding carboxylic acids is 2. The van der Waals surface area contributed by atoms with Gasteiger partial charge in [-0.05, 0) is 30.5 Å². The fourth-order valence-corrected chi connectivity index (χ4v) is 3.22. The van der Waals surface area contributed by atoms with Crippen molar-refractivity contribution in [3.63, 3.8) is 0 Å². The van der Waals surface area contributed by atoms with Gasteiger partial charge in [-0.15, -0.1) is 11.3 Å². The molecule has 5 nitrogen and oxygen atoms in total. The molecule has 4 N–H and O–H groups in total. The third-order valence-electron chi connectivity index (χ3n) is 3.91. The average Bonchev–Trinajstić information content (AvgIpc) is 3.27. The lowest BCUT2D eigenvalue weighted by atomic mass is 10.1. The Morgan fingerprint density at radius 2 is 1.92 bits per heavy atom. The fraction of sp³-hybridized carbons (Fsp3) is 0.333. The van der Waals surface area contributed by atoms with Crippen molar-refractivity contribution in [1.29, 1.82) is 0 Å². The molecule has 1 aromatic heterocycles. The molecular weight excluding hydrogens is 322 g/mol. The summed E-state index contributed by atoms with van der Waals surface area (Å²) in [5.74, 6) is -0.350. The number of hydrogen-bond acceptors (Lipinski definition) is 4. The van der Waals surface area contributed by atoms with Gasteiger partial charge in [-0.3, -0.25) is 9.59 Å². The molecule has 3 rings (SSSR count). The number of nitrogens with two attached hydrogens (primary N) is 1. The maximum Gasteiger partial charge on any atom is 0.262 e. The quantitative estimate of drug-likeness (QED) is 0.717. The molecule has 126 valence electrons. The number of rotatable bonds is 7. The Bertz CT molecular complexity index is 710. The number of benzene rings is 1. The lowest BCUT2D eigenvalue weighted by Gasteiger charge is -2.18. The van der Waals surface area contributed by atoms with Crippen molar-refractivity contribution in [2.75, 3.05) is 0 Å². The van der Waals surface area contributed by atoms with Gasteiger partial charge in [-0.2, -0.15) is 0 Å². The minimum Gasteiger partial charge on any atom is -0.352 e. The highest BCUT2D eigenvalue weighted by Gasteiger charge is 2.29. The number of thiophene rings is 1. The molecule has 1 heterocycles. The van der Waals surface area contributed by atoms with Gasteiger partial charge in [0.05, 0.1) is 4.88 Å². The van der Waals surface area contributed by atoms with E-state index in [-0.39, 0.29) is 17.9 Å². The summed E-state index contributed by atoms with van der Waals surface area (Å²) in [4.78, 5) is 26.5. The van der Waals surface area contributed by atoms with Gasteiger partial charge < -0.3 is 16.4 Å². The second-order valence-corrected chi connectivity index (χ2v) is 7.14. The van der Waals surface area contributed by atoms with Crippen molar-refractivity contribution in [2.24, 2.45) is 5.73 Å². The van der Waals surface area contributed by atoms with Crippen LogP contribution in [0.3, 0.4) is 0 Å². The van der Waals surface area contributed by atoms with Crippen molar-refractivity contribution < 1.29 is 9.59 Å². The summed E-state index contributed by atoms with van der Waals surface area (Å²) in [6.07, 6.45) is 2.51. The monoisotopic (exact) mass is 343 g/mol. The van der Waals surface area contributed by atoms with Crippen LogP contribution in [-0.4, -0.2) is 23.9 Å². The Hall–Kier alpha value is -2.18. The van der Waals surface area contributed by atoms with E-state index >= 15 is 0 Å². The summed E-state index contributed by atoms with van der Waals surface area (Å²) in [5, 5.41) is 5.85. The maximum atomic E-state index is 12.5. The van der Waals surface area contributed by atoms with Crippen LogP contribution in [0.2, 0.25) is 0 Å². The molecule has 1 aliphatic carbocycles. The van der Waals surface area contributed by atoms with E-state index in [1.54, 1.807) is 6.07 Å². The van der Waals surface area contributed by atoms with Crippen molar-refractivity contribution in [3.05, 3.63) is 57.8 Å². The first-order valence-corrected chi connectivity index (χ1v) is 8.91. The molecule has 0 aliphatic heterocycles. The van der Waals surface area contributed by atoms with Crippen LogP contribution in [0.4, 0.5) is 0 Å². The van der Waals surface area contributed by atoms with Gasteiger partial charge in [-0.1, -0.05) is 30.3 Å². The van der Waals surface area contributed by atoms with Crippen molar-refractivity contribution in [3.8, 4) is 0 Å². The molecule has 1 aromatic carbocycles. The predicted molar refractivity (Wildman–Crippen MR) is 94.8 cm³/mol. The zero-order valence-corrected chi connectivity index (χ0v) is 14.1.